The predicted molar refractivity (Wildman–Crippen MR) is 60.5 cm³/mol. The molecule has 6 heteroatoms. The molecule has 0 aromatic heterocycles. The van der Waals surface area contributed by atoms with E-state index in [2.05, 4.69) is 4.72 Å². The molecule has 0 amide bonds. The van der Waals surface area contributed by atoms with Gasteiger partial charge in [0.15, 0.2) is 0 Å². The summed E-state index contributed by atoms with van der Waals surface area (Å²) in [5, 5.41) is 0. The molecule has 1 saturated carbocycles. The number of hydrogen-bond donors (Lipinski definition) is 2. The van der Waals surface area contributed by atoms with E-state index in [0.717, 1.165) is 19.3 Å². The lowest BCUT2D eigenvalue weighted by Gasteiger charge is -2.23. The molecule has 5 nitrogen and oxygen atoms in total. The fraction of sp³-hybridized carbons (Fsp3) is 1.00. The first kappa shape index (κ1) is 12.9. The van der Waals surface area contributed by atoms with E-state index in [4.69, 9.17) is 5.73 Å². The molecule has 1 fully saturated rings. The van der Waals surface area contributed by atoms with Crippen molar-refractivity contribution in [2.75, 3.05) is 20.1 Å². The molecule has 0 aliphatic heterocycles. The van der Waals surface area contributed by atoms with Crippen molar-refractivity contribution in [1.82, 2.24) is 9.03 Å². The van der Waals surface area contributed by atoms with Crippen LogP contribution in [-0.4, -0.2) is 38.9 Å². The number of hydrogen-bond acceptors (Lipinski definition) is 3. The van der Waals surface area contributed by atoms with Crippen LogP contribution in [0.2, 0.25) is 0 Å². The van der Waals surface area contributed by atoms with E-state index < -0.39 is 10.2 Å². The third kappa shape index (κ3) is 3.14. The first-order valence-electron chi connectivity index (χ1n) is 5.45. The van der Waals surface area contributed by atoms with Gasteiger partial charge in [-0.3, -0.25) is 0 Å². The van der Waals surface area contributed by atoms with Crippen LogP contribution in [0.1, 0.15) is 26.2 Å². The van der Waals surface area contributed by atoms with Gasteiger partial charge in [-0.05, 0) is 25.3 Å². The Morgan fingerprint density at radius 2 is 2.13 bits per heavy atom. The molecule has 1 rings (SSSR count). The van der Waals surface area contributed by atoms with Gasteiger partial charge in [-0.25, -0.2) is 0 Å². The van der Waals surface area contributed by atoms with E-state index in [9.17, 15) is 8.42 Å². The molecule has 0 heterocycles. The average Bonchev–Trinajstić information content (AvgIpc) is 2.63. The Hall–Kier alpha value is -0.170. The largest absolute Gasteiger partial charge is 0.330 e. The van der Waals surface area contributed by atoms with Crippen molar-refractivity contribution in [2.24, 2.45) is 11.7 Å². The Labute approximate surface area is 92.2 Å². The number of nitrogens with zero attached hydrogens (tertiary/aromatic N) is 1. The van der Waals surface area contributed by atoms with Crippen LogP contribution in [0.15, 0.2) is 0 Å². The number of nitrogens with two attached hydrogens (primary N) is 1. The van der Waals surface area contributed by atoms with E-state index in [1.165, 1.54) is 4.31 Å². The maximum Gasteiger partial charge on any atom is 0.279 e. The molecule has 0 spiro atoms. The normalized spacial score (nSPS) is 27.5. The molecule has 90 valence electrons. The van der Waals surface area contributed by atoms with Crippen LogP contribution < -0.4 is 10.5 Å². The summed E-state index contributed by atoms with van der Waals surface area (Å²) in [6, 6.07) is 0.0222. The standard InChI is InChI=1S/C9H21N3O2S/c1-3-12(2)15(13,14)11-9-6-4-5-8(9)7-10/h8-9,11H,3-7,10H2,1-2H3/t8-,9-/m0/s1. The van der Waals surface area contributed by atoms with Crippen molar-refractivity contribution >= 4 is 10.2 Å². The van der Waals surface area contributed by atoms with E-state index in [1.807, 2.05) is 6.92 Å². The zero-order valence-corrected chi connectivity index (χ0v) is 10.3. The zero-order valence-electron chi connectivity index (χ0n) is 9.44. The third-order valence-corrected chi connectivity index (χ3v) is 4.80. The molecule has 1 aliphatic rings. The summed E-state index contributed by atoms with van der Waals surface area (Å²) in [6.45, 7) is 2.85. The second kappa shape index (κ2) is 5.25. The van der Waals surface area contributed by atoms with E-state index in [1.54, 1.807) is 7.05 Å². The van der Waals surface area contributed by atoms with Crippen molar-refractivity contribution in [3.05, 3.63) is 0 Å². The monoisotopic (exact) mass is 235 g/mol. The third-order valence-electron chi connectivity index (χ3n) is 3.12. The van der Waals surface area contributed by atoms with Gasteiger partial charge in [-0.2, -0.15) is 17.4 Å². The van der Waals surface area contributed by atoms with Crippen LogP contribution in [0.3, 0.4) is 0 Å². The van der Waals surface area contributed by atoms with Gasteiger partial charge in [0.05, 0.1) is 0 Å². The molecule has 3 N–H and O–H groups in total. The molecule has 15 heavy (non-hydrogen) atoms. The lowest BCUT2D eigenvalue weighted by molar-refractivity contribution is 0.421. The fourth-order valence-electron chi connectivity index (χ4n) is 1.93. The molecular weight excluding hydrogens is 214 g/mol. The van der Waals surface area contributed by atoms with Gasteiger partial charge in [0.2, 0.25) is 0 Å². The summed E-state index contributed by atoms with van der Waals surface area (Å²) in [7, 11) is -1.73. The summed E-state index contributed by atoms with van der Waals surface area (Å²) in [5.74, 6) is 0.296. The van der Waals surface area contributed by atoms with E-state index in [0.29, 0.717) is 19.0 Å². The summed E-state index contributed by atoms with van der Waals surface area (Å²) >= 11 is 0. The van der Waals surface area contributed by atoms with Crippen LogP contribution >= 0.6 is 0 Å². The summed E-state index contributed by atoms with van der Waals surface area (Å²) in [6.07, 6.45) is 2.99. The predicted octanol–water partition coefficient (Wildman–Crippen LogP) is -0.100. The second-order valence-electron chi connectivity index (χ2n) is 4.07. The van der Waals surface area contributed by atoms with Gasteiger partial charge in [0.25, 0.3) is 10.2 Å². The highest BCUT2D eigenvalue weighted by Crippen LogP contribution is 2.25. The van der Waals surface area contributed by atoms with Gasteiger partial charge in [-0.15, -0.1) is 0 Å². The van der Waals surface area contributed by atoms with Crippen LogP contribution in [0.4, 0.5) is 0 Å². The van der Waals surface area contributed by atoms with Gasteiger partial charge in [0, 0.05) is 19.6 Å². The first-order valence-corrected chi connectivity index (χ1v) is 6.89. The van der Waals surface area contributed by atoms with Gasteiger partial charge < -0.3 is 5.73 Å². The molecule has 1 aliphatic carbocycles. The van der Waals surface area contributed by atoms with E-state index in [-0.39, 0.29) is 6.04 Å². The molecule has 0 bridgehead atoms. The average molecular weight is 235 g/mol. The smallest absolute Gasteiger partial charge is 0.279 e. The molecule has 0 aromatic rings. The summed E-state index contributed by atoms with van der Waals surface area (Å²) in [4.78, 5) is 0. The van der Waals surface area contributed by atoms with Crippen molar-refractivity contribution in [1.29, 1.82) is 0 Å². The zero-order chi connectivity index (χ0) is 11.5. The lowest BCUT2D eigenvalue weighted by Crippen LogP contribution is -2.46. The molecule has 0 aromatic carbocycles. The minimum atomic E-state index is -3.31. The maximum atomic E-state index is 11.8. The van der Waals surface area contributed by atoms with Crippen molar-refractivity contribution in [3.8, 4) is 0 Å². The molecule has 2 atom stereocenters. The molecule has 0 saturated heterocycles. The summed E-state index contributed by atoms with van der Waals surface area (Å²) in [5.41, 5.74) is 5.60. The SMILES string of the molecule is CCN(C)S(=O)(=O)N[C@H]1CCC[C@H]1CN. The van der Waals surface area contributed by atoms with E-state index >= 15 is 0 Å². The maximum absolute atomic E-state index is 11.8. The Morgan fingerprint density at radius 1 is 1.47 bits per heavy atom. The first-order chi connectivity index (χ1) is 7.01. The van der Waals surface area contributed by atoms with Crippen molar-refractivity contribution in [2.45, 2.75) is 32.2 Å². The molecular formula is C9H21N3O2S. The number of nitrogens with one attached hydrogen (secondary N) is 1. The Balaban J connectivity index is 2.61. The fourth-order valence-corrected chi connectivity index (χ4v) is 3.14. The minimum absolute atomic E-state index is 0.0222. The lowest BCUT2D eigenvalue weighted by atomic mass is 10.1. The molecule has 0 unspecified atom stereocenters. The Kier molecular flexibility index (Phi) is 4.51. The van der Waals surface area contributed by atoms with Crippen molar-refractivity contribution in [3.63, 3.8) is 0 Å². The van der Waals surface area contributed by atoms with Crippen LogP contribution in [0.5, 0.6) is 0 Å². The van der Waals surface area contributed by atoms with Crippen LogP contribution in [-0.2, 0) is 10.2 Å². The highest BCUT2D eigenvalue weighted by Gasteiger charge is 2.30. The Bertz CT molecular complexity index is 292. The highest BCUT2D eigenvalue weighted by atomic mass is 32.2. The van der Waals surface area contributed by atoms with Crippen LogP contribution in [0.25, 0.3) is 0 Å². The topological polar surface area (TPSA) is 75.4 Å². The highest BCUT2D eigenvalue weighted by molar-refractivity contribution is 7.87. The van der Waals surface area contributed by atoms with Gasteiger partial charge in [0.1, 0.15) is 0 Å². The van der Waals surface area contributed by atoms with Gasteiger partial charge in [-0.1, -0.05) is 13.3 Å². The Morgan fingerprint density at radius 3 is 2.67 bits per heavy atom. The van der Waals surface area contributed by atoms with Crippen LogP contribution in [0, 0.1) is 5.92 Å². The van der Waals surface area contributed by atoms with Gasteiger partial charge >= 0.3 is 0 Å². The summed E-state index contributed by atoms with van der Waals surface area (Å²) < 4.78 is 27.5. The van der Waals surface area contributed by atoms with Crippen molar-refractivity contribution < 1.29 is 8.42 Å². The second-order valence-corrected chi connectivity index (χ2v) is 5.88. The minimum Gasteiger partial charge on any atom is -0.330 e. The molecule has 0 radical (unpaired) electrons. The quantitative estimate of drug-likeness (QED) is 0.698. The number of rotatable bonds is 5.